The van der Waals surface area contributed by atoms with Crippen molar-refractivity contribution < 1.29 is 9.59 Å². The SMILES string of the molecule is CC(Sc1cccc(N)c1)C(=O)Nc1ccc(C(N)=O)cc1. The second-order valence-corrected chi connectivity index (χ2v) is 6.18. The maximum Gasteiger partial charge on any atom is 0.248 e. The van der Waals surface area contributed by atoms with Crippen LogP contribution < -0.4 is 16.8 Å². The zero-order chi connectivity index (χ0) is 16.1. The van der Waals surface area contributed by atoms with Gasteiger partial charge in [0.1, 0.15) is 0 Å². The van der Waals surface area contributed by atoms with E-state index in [0.29, 0.717) is 16.9 Å². The molecule has 0 spiro atoms. The number of amides is 2. The zero-order valence-corrected chi connectivity index (χ0v) is 12.9. The van der Waals surface area contributed by atoms with Crippen molar-refractivity contribution in [3.63, 3.8) is 0 Å². The first kappa shape index (κ1) is 15.9. The summed E-state index contributed by atoms with van der Waals surface area (Å²) in [5, 5.41) is 2.52. The number of nitrogens with two attached hydrogens (primary N) is 2. The van der Waals surface area contributed by atoms with Gasteiger partial charge in [0.15, 0.2) is 0 Å². The molecular formula is C16H17N3O2S. The minimum absolute atomic E-state index is 0.126. The van der Waals surface area contributed by atoms with Crippen LogP contribution in [0.25, 0.3) is 0 Å². The molecule has 1 atom stereocenters. The molecule has 2 amide bonds. The Morgan fingerprint density at radius 1 is 1.14 bits per heavy atom. The summed E-state index contributed by atoms with van der Waals surface area (Å²) < 4.78 is 0. The van der Waals surface area contributed by atoms with Crippen LogP contribution in [0.1, 0.15) is 17.3 Å². The molecule has 0 radical (unpaired) electrons. The smallest absolute Gasteiger partial charge is 0.248 e. The van der Waals surface area contributed by atoms with Crippen molar-refractivity contribution in [3.05, 3.63) is 54.1 Å². The van der Waals surface area contributed by atoms with Gasteiger partial charge in [-0.05, 0) is 49.4 Å². The summed E-state index contributed by atoms with van der Waals surface area (Å²) in [4.78, 5) is 24.1. The highest BCUT2D eigenvalue weighted by Gasteiger charge is 2.14. The van der Waals surface area contributed by atoms with Gasteiger partial charge in [-0.25, -0.2) is 0 Å². The molecule has 6 heteroatoms. The van der Waals surface area contributed by atoms with Crippen LogP contribution in [0, 0.1) is 0 Å². The quantitative estimate of drug-likeness (QED) is 0.583. The lowest BCUT2D eigenvalue weighted by Gasteiger charge is -2.12. The van der Waals surface area contributed by atoms with E-state index in [4.69, 9.17) is 11.5 Å². The van der Waals surface area contributed by atoms with Crippen molar-refractivity contribution in [2.24, 2.45) is 5.73 Å². The Morgan fingerprint density at radius 3 is 2.41 bits per heavy atom. The van der Waals surface area contributed by atoms with E-state index in [9.17, 15) is 9.59 Å². The van der Waals surface area contributed by atoms with Crippen LogP contribution in [0.2, 0.25) is 0 Å². The molecule has 0 bridgehead atoms. The van der Waals surface area contributed by atoms with Gasteiger partial charge in [0.2, 0.25) is 11.8 Å². The lowest BCUT2D eigenvalue weighted by Crippen LogP contribution is -2.22. The van der Waals surface area contributed by atoms with Crippen molar-refractivity contribution in [3.8, 4) is 0 Å². The minimum atomic E-state index is -0.497. The van der Waals surface area contributed by atoms with Gasteiger partial charge in [0.05, 0.1) is 5.25 Å². The van der Waals surface area contributed by atoms with E-state index in [1.54, 1.807) is 30.3 Å². The fraction of sp³-hybridized carbons (Fsp3) is 0.125. The van der Waals surface area contributed by atoms with E-state index < -0.39 is 5.91 Å². The highest BCUT2D eigenvalue weighted by molar-refractivity contribution is 8.00. The average Bonchev–Trinajstić information content (AvgIpc) is 2.47. The normalized spacial score (nSPS) is 11.7. The first-order valence-electron chi connectivity index (χ1n) is 6.68. The topological polar surface area (TPSA) is 98.2 Å². The van der Waals surface area contributed by atoms with E-state index in [-0.39, 0.29) is 11.2 Å². The van der Waals surface area contributed by atoms with Gasteiger partial charge in [-0.3, -0.25) is 9.59 Å². The molecule has 2 aromatic carbocycles. The van der Waals surface area contributed by atoms with Crippen molar-refractivity contribution in [2.45, 2.75) is 17.1 Å². The number of thioether (sulfide) groups is 1. The van der Waals surface area contributed by atoms with Crippen LogP contribution in [-0.2, 0) is 4.79 Å². The molecule has 0 aromatic heterocycles. The Balaban J connectivity index is 1.97. The summed E-state index contributed by atoms with van der Waals surface area (Å²) >= 11 is 1.43. The Hall–Kier alpha value is -2.47. The Morgan fingerprint density at radius 2 is 1.82 bits per heavy atom. The molecule has 0 fully saturated rings. The third-order valence-electron chi connectivity index (χ3n) is 2.98. The number of hydrogen-bond acceptors (Lipinski definition) is 4. The Labute approximate surface area is 133 Å². The van der Waals surface area contributed by atoms with Gasteiger partial charge in [-0.15, -0.1) is 11.8 Å². The predicted octanol–water partition coefficient (Wildman–Crippen LogP) is 2.49. The molecule has 114 valence electrons. The van der Waals surface area contributed by atoms with E-state index >= 15 is 0 Å². The summed E-state index contributed by atoms with van der Waals surface area (Å²) in [6, 6.07) is 13.8. The highest BCUT2D eigenvalue weighted by atomic mass is 32.2. The first-order chi connectivity index (χ1) is 10.5. The summed E-state index contributed by atoms with van der Waals surface area (Å²) in [5.74, 6) is -0.622. The third kappa shape index (κ3) is 4.26. The van der Waals surface area contributed by atoms with Crippen LogP contribution >= 0.6 is 11.8 Å². The number of benzene rings is 2. The standard InChI is InChI=1S/C16H17N3O2S/c1-10(22-14-4-2-3-12(17)9-14)16(21)19-13-7-5-11(6-8-13)15(18)20/h2-10H,17H2,1H3,(H2,18,20)(H,19,21). The van der Waals surface area contributed by atoms with E-state index in [1.807, 2.05) is 25.1 Å². The van der Waals surface area contributed by atoms with Gasteiger partial charge in [0, 0.05) is 21.8 Å². The largest absolute Gasteiger partial charge is 0.399 e. The van der Waals surface area contributed by atoms with Crippen LogP contribution in [0.3, 0.4) is 0 Å². The maximum absolute atomic E-state index is 12.2. The highest BCUT2D eigenvalue weighted by Crippen LogP contribution is 2.25. The first-order valence-corrected chi connectivity index (χ1v) is 7.56. The number of nitrogen functional groups attached to an aromatic ring is 1. The second kappa shape index (κ2) is 7.00. The number of anilines is 2. The molecule has 2 aromatic rings. The fourth-order valence-electron chi connectivity index (χ4n) is 1.81. The van der Waals surface area contributed by atoms with Crippen molar-refractivity contribution in [1.82, 2.24) is 0 Å². The minimum Gasteiger partial charge on any atom is -0.399 e. The summed E-state index contributed by atoms with van der Waals surface area (Å²) in [5.41, 5.74) is 12.6. The number of primary amides is 1. The molecule has 2 rings (SSSR count). The summed E-state index contributed by atoms with van der Waals surface area (Å²) in [6.45, 7) is 1.82. The van der Waals surface area contributed by atoms with E-state index in [1.165, 1.54) is 11.8 Å². The lowest BCUT2D eigenvalue weighted by atomic mass is 10.2. The van der Waals surface area contributed by atoms with Gasteiger partial charge in [-0.1, -0.05) is 6.07 Å². The van der Waals surface area contributed by atoms with Crippen LogP contribution in [-0.4, -0.2) is 17.1 Å². The number of rotatable bonds is 5. The summed E-state index contributed by atoms with van der Waals surface area (Å²) in [7, 11) is 0. The molecule has 0 aliphatic heterocycles. The van der Waals surface area contributed by atoms with Crippen LogP contribution in [0.4, 0.5) is 11.4 Å². The zero-order valence-electron chi connectivity index (χ0n) is 12.1. The Kier molecular flexibility index (Phi) is 5.06. The fourth-order valence-corrected chi connectivity index (χ4v) is 2.74. The summed E-state index contributed by atoms with van der Waals surface area (Å²) in [6.07, 6.45) is 0. The number of hydrogen-bond donors (Lipinski definition) is 3. The monoisotopic (exact) mass is 315 g/mol. The molecule has 0 heterocycles. The molecule has 0 saturated carbocycles. The van der Waals surface area contributed by atoms with Crippen LogP contribution in [0.5, 0.6) is 0 Å². The van der Waals surface area contributed by atoms with Crippen molar-refractivity contribution >= 4 is 35.0 Å². The van der Waals surface area contributed by atoms with Crippen LogP contribution in [0.15, 0.2) is 53.4 Å². The van der Waals surface area contributed by atoms with Gasteiger partial charge >= 0.3 is 0 Å². The number of nitrogens with one attached hydrogen (secondary N) is 1. The second-order valence-electron chi connectivity index (χ2n) is 4.76. The number of carbonyl (C=O) groups excluding carboxylic acids is 2. The van der Waals surface area contributed by atoms with Gasteiger partial charge in [0.25, 0.3) is 0 Å². The predicted molar refractivity (Wildman–Crippen MR) is 89.8 cm³/mol. The lowest BCUT2D eigenvalue weighted by molar-refractivity contribution is -0.115. The third-order valence-corrected chi connectivity index (χ3v) is 4.07. The molecule has 1 unspecified atom stereocenters. The van der Waals surface area contributed by atoms with E-state index in [2.05, 4.69) is 5.32 Å². The molecule has 0 saturated heterocycles. The molecule has 22 heavy (non-hydrogen) atoms. The molecular weight excluding hydrogens is 298 g/mol. The number of carbonyl (C=O) groups is 2. The molecule has 0 aliphatic rings. The van der Waals surface area contributed by atoms with Crippen molar-refractivity contribution in [2.75, 3.05) is 11.1 Å². The van der Waals surface area contributed by atoms with Gasteiger partial charge in [-0.2, -0.15) is 0 Å². The van der Waals surface area contributed by atoms with Gasteiger partial charge < -0.3 is 16.8 Å². The van der Waals surface area contributed by atoms with Crippen molar-refractivity contribution in [1.29, 1.82) is 0 Å². The molecule has 0 aliphatic carbocycles. The maximum atomic E-state index is 12.2. The molecule has 5 nitrogen and oxygen atoms in total. The average molecular weight is 315 g/mol. The van der Waals surface area contributed by atoms with E-state index in [0.717, 1.165) is 4.90 Å². The Bertz CT molecular complexity index is 686. The molecule has 5 N–H and O–H groups in total.